The van der Waals surface area contributed by atoms with E-state index in [-0.39, 0.29) is 0 Å². The number of aryl methyl sites for hydroxylation is 1. The minimum absolute atomic E-state index is 0.340. The summed E-state index contributed by atoms with van der Waals surface area (Å²) in [6, 6.07) is 4.98. The second-order valence-electron chi connectivity index (χ2n) is 7.08. The van der Waals surface area contributed by atoms with Crippen LogP contribution in [-0.4, -0.2) is 16.9 Å². The molecule has 1 unspecified atom stereocenters. The Morgan fingerprint density at radius 1 is 1.21 bits per heavy atom. The van der Waals surface area contributed by atoms with Crippen molar-refractivity contribution in [3.63, 3.8) is 0 Å². The highest BCUT2D eigenvalue weighted by Crippen LogP contribution is 2.34. The Bertz CT molecular complexity index is 670. The SMILES string of the molecule is COCc1ccc(CNC2CCCc3cn(C4CCCC4)nc32)o1. The smallest absolute Gasteiger partial charge is 0.129 e. The molecule has 2 aliphatic rings. The quantitative estimate of drug-likeness (QED) is 0.873. The first-order valence-corrected chi connectivity index (χ1v) is 9.21. The van der Waals surface area contributed by atoms with E-state index in [1.54, 1.807) is 7.11 Å². The van der Waals surface area contributed by atoms with Gasteiger partial charge in [0.1, 0.15) is 18.1 Å². The molecule has 0 bridgehead atoms. The third kappa shape index (κ3) is 3.28. The third-order valence-electron chi connectivity index (χ3n) is 5.33. The molecule has 1 fully saturated rings. The summed E-state index contributed by atoms with van der Waals surface area (Å²) in [7, 11) is 1.69. The summed E-state index contributed by atoms with van der Waals surface area (Å²) in [5, 5.41) is 8.61. The van der Waals surface area contributed by atoms with E-state index in [9.17, 15) is 0 Å². The summed E-state index contributed by atoms with van der Waals surface area (Å²) in [4.78, 5) is 0. The minimum atomic E-state index is 0.340. The number of rotatable bonds is 6. The Morgan fingerprint density at radius 3 is 2.88 bits per heavy atom. The van der Waals surface area contributed by atoms with E-state index in [1.165, 1.54) is 49.8 Å². The maximum atomic E-state index is 5.78. The lowest BCUT2D eigenvalue weighted by Gasteiger charge is -2.21. The Morgan fingerprint density at radius 2 is 2.04 bits per heavy atom. The molecule has 0 spiro atoms. The molecule has 2 aromatic heterocycles. The second kappa shape index (κ2) is 7.11. The van der Waals surface area contributed by atoms with Crippen molar-refractivity contribution in [3.8, 4) is 0 Å². The molecular weight excluding hydrogens is 302 g/mol. The third-order valence-corrected chi connectivity index (χ3v) is 5.33. The Labute approximate surface area is 143 Å². The fourth-order valence-corrected chi connectivity index (χ4v) is 4.08. The number of aromatic nitrogens is 2. The van der Waals surface area contributed by atoms with Gasteiger partial charge in [0.05, 0.1) is 24.3 Å². The molecule has 5 heteroatoms. The molecule has 0 saturated heterocycles. The molecule has 0 aliphatic heterocycles. The Kier molecular flexibility index (Phi) is 4.72. The van der Waals surface area contributed by atoms with E-state index in [2.05, 4.69) is 16.2 Å². The van der Waals surface area contributed by atoms with Crippen LogP contribution in [0, 0.1) is 0 Å². The predicted molar refractivity (Wildman–Crippen MR) is 91.7 cm³/mol. The topological polar surface area (TPSA) is 52.2 Å². The number of ether oxygens (including phenoxy) is 1. The largest absolute Gasteiger partial charge is 0.462 e. The van der Waals surface area contributed by atoms with Gasteiger partial charge in [0.2, 0.25) is 0 Å². The van der Waals surface area contributed by atoms with Crippen LogP contribution in [0.5, 0.6) is 0 Å². The molecule has 2 heterocycles. The summed E-state index contributed by atoms with van der Waals surface area (Å²) in [5.74, 6) is 1.84. The number of nitrogens with one attached hydrogen (secondary N) is 1. The zero-order chi connectivity index (χ0) is 16.4. The lowest BCUT2D eigenvalue weighted by Crippen LogP contribution is -2.25. The van der Waals surface area contributed by atoms with E-state index < -0.39 is 0 Å². The average Bonchev–Trinajstić information content (AvgIpc) is 3.32. The number of furan rings is 1. The van der Waals surface area contributed by atoms with Crippen molar-refractivity contribution in [2.24, 2.45) is 0 Å². The van der Waals surface area contributed by atoms with Crippen LogP contribution in [-0.2, 0) is 24.3 Å². The van der Waals surface area contributed by atoms with Crippen molar-refractivity contribution in [2.75, 3.05) is 7.11 Å². The van der Waals surface area contributed by atoms with E-state index in [1.807, 2.05) is 12.1 Å². The fourth-order valence-electron chi connectivity index (χ4n) is 4.08. The van der Waals surface area contributed by atoms with E-state index in [0.717, 1.165) is 24.5 Å². The fraction of sp³-hybridized carbons (Fsp3) is 0.632. The number of fused-ring (bicyclic) bond motifs is 1. The predicted octanol–water partition coefficient (Wildman–Crippen LogP) is 3.90. The van der Waals surface area contributed by atoms with Gasteiger partial charge in [-0.05, 0) is 49.8 Å². The molecule has 2 aliphatic carbocycles. The van der Waals surface area contributed by atoms with E-state index >= 15 is 0 Å². The van der Waals surface area contributed by atoms with Gasteiger partial charge in [-0.2, -0.15) is 5.10 Å². The van der Waals surface area contributed by atoms with Crippen LogP contribution in [0.4, 0.5) is 0 Å². The van der Waals surface area contributed by atoms with Crippen LogP contribution >= 0.6 is 0 Å². The standard InChI is InChI=1S/C19H27N3O2/c1-23-13-17-10-9-16(24-17)11-20-18-8-4-5-14-12-22(21-19(14)18)15-6-2-3-7-15/h9-10,12,15,18,20H,2-8,11,13H2,1H3. The summed E-state index contributed by atoms with van der Waals surface area (Å²) < 4.78 is 13.1. The van der Waals surface area contributed by atoms with Crippen LogP contribution in [0.15, 0.2) is 22.7 Å². The van der Waals surface area contributed by atoms with Crippen molar-refractivity contribution in [1.82, 2.24) is 15.1 Å². The molecule has 0 aromatic carbocycles. The highest BCUT2D eigenvalue weighted by Gasteiger charge is 2.26. The zero-order valence-electron chi connectivity index (χ0n) is 14.5. The average molecular weight is 329 g/mol. The van der Waals surface area contributed by atoms with Gasteiger partial charge in [0, 0.05) is 13.3 Å². The number of methoxy groups -OCH3 is 1. The van der Waals surface area contributed by atoms with Gasteiger partial charge in [0.15, 0.2) is 0 Å². The molecule has 1 N–H and O–H groups in total. The van der Waals surface area contributed by atoms with Crippen molar-refractivity contribution in [1.29, 1.82) is 0 Å². The van der Waals surface area contributed by atoms with E-state index in [0.29, 0.717) is 18.7 Å². The second-order valence-corrected chi connectivity index (χ2v) is 7.08. The number of hydrogen-bond donors (Lipinski definition) is 1. The molecule has 0 radical (unpaired) electrons. The molecule has 130 valence electrons. The van der Waals surface area contributed by atoms with E-state index in [4.69, 9.17) is 14.3 Å². The summed E-state index contributed by atoms with van der Waals surface area (Å²) >= 11 is 0. The normalized spacial score (nSPS) is 21.3. The lowest BCUT2D eigenvalue weighted by atomic mass is 9.94. The highest BCUT2D eigenvalue weighted by atomic mass is 16.5. The van der Waals surface area contributed by atoms with Crippen LogP contribution < -0.4 is 5.32 Å². The van der Waals surface area contributed by atoms with Gasteiger partial charge in [-0.15, -0.1) is 0 Å². The molecule has 0 amide bonds. The van der Waals surface area contributed by atoms with Crippen molar-refractivity contribution >= 4 is 0 Å². The molecule has 1 saturated carbocycles. The monoisotopic (exact) mass is 329 g/mol. The van der Waals surface area contributed by atoms with Crippen molar-refractivity contribution in [2.45, 2.75) is 70.2 Å². The van der Waals surface area contributed by atoms with Gasteiger partial charge < -0.3 is 14.5 Å². The Hall–Kier alpha value is -1.59. The minimum Gasteiger partial charge on any atom is -0.462 e. The van der Waals surface area contributed by atoms with Gasteiger partial charge in [-0.25, -0.2) is 0 Å². The Balaban J connectivity index is 1.43. The lowest BCUT2D eigenvalue weighted by molar-refractivity contribution is 0.162. The molecule has 1 atom stereocenters. The zero-order valence-corrected chi connectivity index (χ0v) is 14.5. The molecule has 24 heavy (non-hydrogen) atoms. The maximum Gasteiger partial charge on any atom is 0.129 e. The summed E-state index contributed by atoms with van der Waals surface area (Å²) in [5.41, 5.74) is 2.70. The first kappa shape index (κ1) is 15.9. The molecular formula is C19H27N3O2. The molecule has 4 rings (SSSR count). The van der Waals surface area contributed by atoms with Crippen molar-refractivity contribution in [3.05, 3.63) is 41.1 Å². The van der Waals surface area contributed by atoms with Crippen LogP contribution in [0.25, 0.3) is 0 Å². The maximum absolute atomic E-state index is 5.78. The summed E-state index contributed by atoms with van der Waals surface area (Å²) in [6.07, 6.45) is 11.1. The number of hydrogen-bond acceptors (Lipinski definition) is 4. The van der Waals surface area contributed by atoms with Crippen LogP contribution in [0.1, 0.15) is 73.4 Å². The van der Waals surface area contributed by atoms with Crippen LogP contribution in [0.2, 0.25) is 0 Å². The first-order chi connectivity index (χ1) is 11.8. The summed E-state index contributed by atoms with van der Waals surface area (Å²) in [6.45, 7) is 1.27. The number of nitrogens with zero attached hydrogens (tertiary/aromatic N) is 2. The van der Waals surface area contributed by atoms with Gasteiger partial charge in [0.25, 0.3) is 0 Å². The first-order valence-electron chi connectivity index (χ1n) is 9.21. The molecule has 2 aromatic rings. The van der Waals surface area contributed by atoms with Gasteiger partial charge >= 0.3 is 0 Å². The highest BCUT2D eigenvalue weighted by molar-refractivity contribution is 5.24. The van der Waals surface area contributed by atoms with Crippen molar-refractivity contribution < 1.29 is 9.15 Å². The van der Waals surface area contributed by atoms with Crippen LogP contribution in [0.3, 0.4) is 0 Å². The van der Waals surface area contributed by atoms with Gasteiger partial charge in [-0.3, -0.25) is 4.68 Å². The molecule has 5 nitrogen and oxygen atoms in total. The van der Waals surface area contributed by atoms with Gasteiger partial charge in [-0.1, -0.05) is 12.8 Å².